The van der Waals surface area contributed by atoms with Crippen molar-refractivity contribution < 1.29 is 19.4 Å². The molecular formula is C10H8Cl2O4. The van der Waals surface area contributed by atoms with Gasteiger partial charge in [-0.05, 0) is 12.1 Å². The number of halogens is 2. The molecule has 1 N–H and O–H groups in total. The van der Waals surface area contributed by atoms with Crippen LogP contribution >= 0.6 is 23.2 Å². The van der Waals surface area contributed by atoms with Crippen LogP contribution in [-0.4, -0.2) is 17.0 Å². The summed E-state index contributed by atoms with van der Waals surface area (Å²) in [7, 11) is 0. The molecule has 6 heteroatoms. The van der Waals surface area contributed by atoms with Crippen molar-refractivity contribution in [1.82, 2.24) is 0 Å². The fourth-order valence-corrected chi connectivity index (χ4v) is 1.26. The molecule has 0 aliphatic heterocycles. The second-order valence-electron chi connectivity index (χ2n) is 2.94. The molecule has 0 unspecified atom stereocenters. The fraction of sp³-hybridized carbons (Fsp3) is 0.200. The Hall–Kier alpha value is -1.26. The van der Waals surface area contributed by atoms with Crippen LogP contribution in [0.2, 0.25) is 10.0 Å². The third-order valence-corrected chi connectivity index (χ3v) is 2.21. The molecule has 0 saturated heterocycles. The molecule has 0 amide bonds. The SMILES string of the molecule is O=C(O)CCC(=O)Oc1cc(Cl)ccc1Cl. The summed E-state index contributed by atoms with van der Waals surface area (Å²) >= 11 is 11.4. The lowest BCUT2D eigenvalue weighted by molar-refractivity contribution is -0.142. The number of carbonyl (C=O) groups excluding carboxylic acids is 1. The summed E-state index contributed by atoms with van der Waals surface area (Å²) in [5.41, 5.74) is 0. The molecule has 4 nitrogen and oxygen atoms in total. The van der Waals surface area contributed by atoms with E-state index in [0.29, 0.717) is 5.02 Å². The normalized spacial score (nSPS) is 9.88. The van der Waals surface area contributed by atoms with Crippen LogP contribution in [0.5, 0.6) is 5.75 Å². The monoisotopic (exact) mass is 262 g/mol. The zero-order valence-electron chi connectivity index (χ0n) is 8.07. The highest BCUT2D eigenvalue weighted by atomic mass is 35.5. The smallest absolute Gasteiger partial charge is 0.311 e. The number of hydrogen-bond acceptors (Lipinski definition) is 3. The number of carboxylic acids is 1. The summed E-state index contributed by atoms with van der Waals surface area (Å²) in [6.07, 6.45) is -0.491. The van der Waals surface area contributed by atoms with E-state index in [4.69, 9.17) is 33.0 Å². The molecule has 0 aliphatic carbocycles. The van der Waals surface area contributed by atoms with Crippen LogP contribution < -0.4 is 4.74 Å². The van der Waals surface area contributed by atoms with Crippen LogP contribution in [0.15, 0.2) is 18.2 Å². The van der Waals surface area contributed by atoms with Gasteiger partial charge in [0.1, 0.15) is 0 Å². The number of rotatable bonds is 4. The van der Waals surface area contributed by atoms with E-state index in [1.807, 2.05) is 0 Å². The average Bonchev–Trinajstić information content (AvgIpc) is 2.20. The van der Waals surface area contributed by atoms with E-state index in [-0.39, 0.29) is 23.6 Å². The first-order chi connectivity index (χ1) is 7.49. The van der Waals surface area contributed by atoms with Crippen molar-refractivity contribution in [2.75, 3.05) is 0 Å². The van der Waals surface area contributed by atoms with Gasteiger partial charge in [0, 0.05) is 11.1 Å². The third kappa shape index (κ3) is 4.08. The Morgan fingerprint density at radius 1 is 1.25 bits per heavy atom. The summed E-state index contributed by atoms with van der Waals surface area (Å²) in [4.78, 5) is 21.4. The van der Waals surface area contributed by atoms with E-state index in [2.05, 4.69) is 0 Å². The van der Waals surface area contributed by atoms with Crippen molar-refractivity contribution in [2.24, 2.45) is 0 Å². The van der Waals surface area contributed by atoms with Crippen LogP contribution in [0.1, 0.15) is 12.8 Å². The number of esters is 1. The van der Waals surface area contributed by atoms with Crippen molar-refractivity contribution in [3.05, 3.63) is 28.2 Å². The molecule has 0 bridgehead atoms. The van der Waals surface area contributed by atoms with Gasteiger partial charge in [0.25, 0.3) is 0 Å². The minimum Gasteiger partial charge on any atom is -0.481 e. The van der Waals surface area contributed by atoms with Crippen LogP contribution in [0.25, 0.3) is 0 Å². The summed E-state index contributed by atoms with van der Waals surface area (Å²) in [6.45, 7) is 0. The molecule has 0 fully saturated rings. The van der Waals surface area contributed by atoms with Crippen LogP contribution in [0, 0.1) is 0 Å². The van der Waals surface area contributed by atoms with Gasteiger partial charge in [0.15, 0.2) is 5.75 Å². The Morgan fingerprint density at radius 2 is 1.94 bits per heavy atom. The standard InChI is InChI=1S/C10H8Cl2O4/c11-6-1-2-7(12)8(5-6)16-10(15)4-3-9(13)14/h1-2,5H,3-4H2,(H,13,14). The molecule has 0 aromatic heterocycles. The van der Waals surface area contributed by atoms with Gasteiger partial charge in [-0.2, -0.15) is 0 Å². The van der Waals surface area contributed by atoms with E-state index < -0.39 is 11.9 Å². The first-order valence-electron chi connectivity index (χ1n) is 4.36. The van der Waals surface area contributed by atoms with E-state index in [1.165, 1.54) is 12.1 Å². The van der Waals surface area contributed by atoms with Gasteiger partial charge in [-0.3, -0.25) is 9.59 Å². The van der Waals surface area contributed by atoms with Gasteiger partial charge in [-0.25, -0.2) is 0 Å². The molecule has 0 radical (unpaired) electrons. The van der Waals surface area contributed by atoms with Crippen LogP contribution in [-0.2, 0) is 9.59 Å². The van der Waals surface area contributed by atoms with Crippen LogP contribution in [0.4, 0.5) is 0 Å². The van der Waals surface area contributed by atoms with Crippen molar-refractivity contribution in [3.63, 3.8) is 0 Å². The lowest BCUT2D eigenvalue weighted by atomic mass is 10.3. The van der Waals surface area contributed by atoms with Gasteiger partial charge in [0.2, 0.25) is 0 Å². The highest BCUT2D eigenvalue weighted by molar-refractivity contribution is 6.34. The maximum atomic E-state index is 11.2. The van der Waals surface area contributed by atoms with Gasteiger partial charge in [-0.1, -0.05) is 23.2 Å². The van der Waals surface area contributed by atoms with E-state index in [0.717, 1.165) is 0 Å². The molecule has 16 heavy (non-hydrogen) atoms. The Bertz CT molecular complexity index is 417. The highest BCUT2D eigenvalue weighted by Crippen LogP contribution is 2.27. The van der Waals surface area contributed by atoms with Crippen molar-refractivity contribution in [2.45, 2.75) is 12.8 Å². The lowest BCUT2D eigenvalue weighted by Crippen LogP contribution is -2.10. The van der Waals surface area contributed by atoms with Crippen LogP contribution in [0.3, 0.4) is 0 Å². The summed E-state index contributed by atoms with van der Waals surface area (Å²) in [5, 5.41) is 9.00. The molecule has 0 spiro atoms. The molecule has 1 aromatic carbocycles. The Kier molecular flexibility index (Phi) is 4.58. The minimum absolute atomic E-state index is 0.129. The molecule has 86 valence electrons. The van der Waals surface area contributed by atoms with Gasteiger partial charge >= 0.3 is 11.9 Å². The molecule has 0 saturated carbocycles. The second-order valence-corrected chi connectivity index (χ2v) is 3.79. The van der Waals surface area contributed by atoms with E-state index >= 15 is 0 Å². The van der Waals surface area contributed by atoms with Gasteiger partial charge in [0.05, 0.1) is 17.9 Å². The van der Waals surface area contributed by atoms with Crippen molar-refractivity contribution in [1.29, 1.82) is 0 Å². The van der Waals surface area contributed by atoms with E-state index in [9.17, 15) is 9.59 Å². The zero-order chi connectivity index (χ0) is 12.1. The second kappa shape index (κ2) is 5.72. The maximum absolute atomic E-state index is 11.2. The Balaban J connectivity index is 2.62. The molecule has 1 rings (SSSR count). The summed E-state index contributed by atoms with van der Waals surface area (Å²) < 4.78 is 4.86. The maximum Gasteiger partial charge on any atom is 0.311 e. The lowest BCUT2D eigenvalue weighted by Gasteiger charge is -2.05. The quantitative estimate of drug-likeness (QED) is 0.670. The predicted octanol–water partition coefficient (Wildman–Crippen LogP) is 2.76. The topological polar surface area (TPSA) is 63.6 Å². The average molecular weight is 263 g/mol. The Morgan fingerprint density at radius 3 is 2.56 bits per heavy atom. The first kappa shape index (κ1) is 12.8. The highest BCUT2D eigenvalue weighted by Gasteiger charge is 2.10. The summed E-state index contributed by atoms with van der Waals surface area (Å²) in [6, 6.07) is 4.44. The van der Waals surface area contributed by atoms with E-state index in [1.54, 1.807) is 6.07 Å². The molecule has 1 aromatic rings. The molecule has 0 aliphatic rings. The van der Waals surface area contributed by atoms with Crippen molar-refractivity contribution in [3.8, 4) is 5.75 Å². The predicted molar refractivity (Wildman–Crippen MR) is 59.0 cm³/mol. The molecule has 0 heterocycles. The van der Waals surface area contributed by atoms with Crippen molar-refractivity contribution >= 4 is 35.1 Å². The minimum atomic E-state index is -1.06. The number of ether oxygens (including phenoxy) is 1. The third-order valence-electron chi connectivity index (χ3n) is 1.66. The zero-order valence-corrected chi connectivity index (χ0v) is 9.59. The molecule has 0 atom stereocenters. The Labute approximate surface area is 102 Å². The number of benzene rings is 1. The first-order valence-corrected chi connectivity index (χ1v) is 5.12. The summed E-state index contributed by atoms with van der Waals surface area (Å²) in [5.74, 6) is -1.59. The fourth-order valence-electron chi connectivity index (χ4n) is 0.938. The van der Waals surface area contributed by atoms with Gasteiger partial charge < -0.3 is 9.84 Å². The van der Waals surface area contributed by atoms with Gasteiger partial charge in [-0.15, -0.1) is 0 Å². The number of aliphatic carboxylic acids is 1. The largest absolute Gasteiger partial charge is 0.481 e. The molecular weight excluding hydrogens is 255 g/mol. The number of carbonyl (C=O) groups is 2. The number of hydrogen-bond donors (Lipinski definition) is 1. The number of carboxylic acid groups (broad SMARTS) is 1.